The maximum atomic E-state index is 12.4. The van der Waals surface area contributed by atoms with Crippen LogP contribution in [-0.4, -0.2) is 18.6 Å². The van der Waals surface area contributed by atoms with Crippen LogP contribution in [0.4, 0.5) is 5.69 Å². The zero-order valence-electron chi connectivity index (χ0n) is 14.2. The molecule has 0 bridgehead atoms. The molecule has 0 aliphatic carbocycles. The summed E-state index contributed by atoms with van der Waals surface area (Å²) < 4.78 is 15.7. The van der Waals surface area contributed by atoms with Crippen LogP contribution in [0.5, 0.6) is 11.5 Å². The Morgan fingerprint density at radius 3 is 2.37 bits per heavy atom. The summed E-state index contributed by atoms with van der Waals surface area (Å²) in [7, 11) is 0. The van der Waals surface area contributed by atoms with E-state index in [2.05, 4.69) is 10.6 Å². The molecule has 2 aromatic carbocycles. The molecule has 4 rings (SSSR count). The number of anilines is 1. The molecule has 0 atom stereocenters. The van der Waals surface area contributed by atoms with Gasteiger partial charge in [-0.05, 0) is 48.5 Å². The normalized spacial score (nSPS) is 11.9. The fourth-order valence-corrected chi connectivity index (χ4v) is 2.63. The summed E-state index contributed by atoms with van der Waals surface area (Å²) in [6.07, 6.45) is 1.55. The second kappa shape index (κ2) is 7.25. The number of fused-ring (bicyclic) bond motifs is 1. The number of hydrogen-bond acceptors (Lipinski definition) is 5. The highest BCUT2D eigenvalue weighted by Gasteiger charge is 2.15. The smallest absolute Gasteiger partial charge is 0.255 e. The first kappa shape index (κ1) is 16.7. The van der Waals surface area contributed by atoms with Crippen molar-refractivity contribution >= 4 is 17.5 Å². The maximum Gasteiger partial charge on any atom is 0.255 e. The molecule has 2 amide bonds. The number of nitrogens with one attached hydrogen (secondary N) is 2. The van der Waals surface area contributed by atoms with E-state index in [4.69, 9.17) is 13.9 Å². The lowest BCUT2D eigenvalue weighted by atomic mass is 10.1. The standard InChI is InChI=1S/C20H16N2O5/c23-19(21-11-16-2-1-9-25-16)13-3-5-14(6-4-13)20(24)22-15-7-8-17-18(10-15)27-12-26-17/h1-10H,11-12H2,(H,21,23)(H,22,24). The number of benzene rings is 2. The molecular formula is C20H16N2O5. The second-order valence-corrected chi connectivity index (χ2v) is 5.86. The van der Waals surface area contributed by atoms with E-state index in [-0.39, 0.29) is 18.6 Å². The number of rotatable bonds is 5. The lowest BCUT2D eigenvalue weighted by molar-refractivity contribution is 0.0946. The molecular weight excluding hydrogens is 348 g/mol. The minimum absolute atomic E-state index is 0.177. The number of carbonyl (C=O) groups is 2. The number of carbonyl (C=O) groups excluding carboxylic acids is 2. The zero-order valence-corrected chi connectivity index (χ0v) is 14.2. The first-order valence-electron chi connectivity index (χ1n) is 8.31. The molecule has 0 unspecified atom stereocenters. The van der Waals surface area contributed by atoms with Gasteiger partial charge in [-0.1, -0.05) is 0 Å². The third-order valence-electron chi connectivity index (χ3n) is 4.04. The van der Waals surface area contributed by atoms with E-state index in [1.165, 1.54) is 0 Å². The van der Waals surface area contributed by atoms with Gasteiger partial charge in [0.25, 0.3) is 11.8 Å². The summed E-state index contributed by atoms with van der Waals surface area (Å²) in [6, 6.07) is 15.1. The number of ether oxygens (including phenoxy) is 2. The van der Waals surface area contributed by atoms with Crippen molar-refractivity contribution in [3.8, 4) is 11.5 Å². The van der Waals surface area contributed by atoms with E-state index in [9.17, 15) is 9.59 Å². The summed E-state index contributed by atoms with van der Waals surface area (Å²) in [6.45, 7) is 0.481. The monoisotopic (exact) mass is 364 g/mol. The van der Waals surface area contributed by atoms with Crippen molar-refractivity contribution in [1.82, 2.24) is 5.32 Å². The molecule has 0 radical (unpaired) electrons. The van der Waals surface area contributed by atoms with Crippen molar-refractivity contribution in [1.29, 1.82) is 0 Å². The highest BCUT2D eigenvalue weighted by Crippen LogP contribution is 2.34. The van der Waals surface area contributed by atoms with Crippen LogP contribution in [0.25, 0.3) is 0 Å². The molecule has 136 valence electrons. The van der Waals surface area contributed by atoms with Crippen LogP contribution in [0, 0.1) is 0 Å². The minimum atomic E-state index is -0.281. The van der Waals surface area contributed by atoms with E-state index in [0.717, 1.165) is 0 Å². The number of furan rings is 1. The van der Waals surface area contributed by atoms with Crippen molar-refractivity contribution in [2.45, 2.75) is 6.54 Å². The molecule has 1 aromatic heterocycles. The lowest BCUT2D eigenvalue weighted by Gasteiger charge is -2.07. The van der Waals surface area contributed by atoms with E-state index >= 15 is 0 Å². The third kappa shape index (κ3) is 3.77. The van der Waals surface area contributed by atoms with Gasteiger partial charge in [-0.15, -0.1) is 0 Å². The average molecular weight is 364 g/mol. The summed E-state index contributed by atoms with van der Waals surface area (Å²) in [5.74, 6) is 1.39. The molecule has 0 fully saturated rings. The molecule has 0 saturated carbocycles. The SMILES string of the molecule is O=C(NCc1ccco1)c1ccc(C(=O)Nc2ccc3c(c2)OCO3)cc1. The predicted octanol–water partition coefficient (Wildman–Crippen LogP) is 3.19. The fourth-order valence-electron chi connectivity index (χ4n) is 2.63. The Morgan fingerprint density at radius 1 is 0.889 bits per heavy atom. The maximum absolute atomic E-state index is 12.4. The van der Waals surface area contributed by atoms with Crippen molar-refractivity contribution in [3.05, 3.63) is 77.7 Å². The van der Waals surface area contributed by atoms with Crippen molar-refractivity contribution in [3.63, 3.8) is 0 Å². The van der Waals surface area contributed by atoms with Crippen molar-refractivity contribution in [2.24, 2.45) is 0 Å². The summed E-state index contributed by atoms with van der Waals surface area (Å²) in [5.41, 5.74) is 1.50. The van der Waals surface area contributed by atoms with Gasteiger partial charge < -0.3 is 24.5 Å². The molecule has 2 N–H and O–H groups in total. The lowest BCUT2D eigenvalue weighted by Crippen LogP contribution is -2.22. The van der Waals surface area contributed by atoms with E-state index < -0.39 is 0 Å². The molecule has 7 heteroatoms. The average Bonchev–Trinajstić information content (AvgIpc) is 3.37. The van der Waals surface area contributed by atoms with E-state index in [1.807, 2.05) is 0 Å². The van der Waals surface area contributed by atoms with E-state index in [1.54, 1.807) is 60.9 Å². The summed E-state index contributed by atoms with van der Waals surface area (Å²) in [5, 5.41) is 5.55. The highest BCUT2D eigenvalue weighted by molar-refractivity contribution is 6.05. The van der Waals surface area contributed by atoms with Gasteiger partial charge in [0.05, 0.1) is 12.8 Å². The van der Waals surface area contributed by atoms with Gasteiger partial charge in [0, 0.05) is 22.9 Å². The molecule has 3 aromatic rings. The highest BCUT2D eigenvalue weighted by atomic mass is 16.7. The van der Waals surface area contributed by atoms with Crippen LogP contribution in [0.15, 0.2) is 65.3 Å². The molecule has 0 spiro atoms. The second-order valence-electron chi connectivity index (χ2n) is 5.86. The van der Waals surface area contributed by atoms with Gasteiger partial charge in [0.15, 0.2) is 11.5 Å². The Balaban J connectivity index is 1.37. The minimum Gasteiger partial charge on any atom is -0.467 e. The Bertz CT molecular complexity index is 965. The number of amides is 2. The molecule has 1 aliphatic heterocycles. The summed E-state index contributed by atoms with van der Waals surface area (Å²) in [4.78, 5) is 24.5. The van der Waals surface area contributed by atoms with Crippen LogP contribution in [0.1, 0.15) is 26.5 Å². The topological polar surface area (TPSA) is 89.8 Å². The van der Waals surface area contributed by atoms with Gasteiger partial charge in [-0.25, -0.2) is 0 Å². The van der Waals surface area contributed by atoms with Crippen molar-refractivity contribution in [2.75, 3.05) is 12.1 Å². The van der Waals surface area contributed by atoms with Crippen LogP contribution < -0.4 is 20.1 Å². The van der Waals surface area contributed by atoms with Crippen LogP contribution in [0.3, 0.4) is 0 Å². The molecule has 1 aliphatic rings. The van der Waals surface area contributed by atoms with E-state index in [0.29, 0.717) is 40.6 Å². The fraction of sp³-hybridized carbons (Fsp3) is 0.100. The largest absolute Gasteiger partial charge is 0.467 e. The first-order valence-corrected chi connectivity index (χ1v) is 8.31. The van der Waals surface area contributed by atoms with Gasteiger partial charge in [-0.3, -0.25) is 9.59 Å². The molecule has 0 saturated heterocycles. The Kier molecular flexibility index (Phi) is 4.49. The van der Waals surface area contributed by atoms with Gasteiger partial charge in [0.2, 0.25) is 6.79 Å². The Labute approximate surface area is 154 Å². The summed E-state index contributed by atoms with van der Waals surface area (Å²) >= 11 is 0. The van der Waals surface area contributed by atoms with Crippen LogP contribution in [-0.2, 0) is 6.54 Å². The predicted molar refractivity (Wildman–Crippen MR) is 96.8 cm³/mol. The first-order chi connectivity index (χ1) is 13.2. The van der Waals surface area contributed by atoms with Gasteiger partial charge in [-0.2, -0.15) is 0 Å². The molecule has 2 heterocycles. The zero-order chi connectivity index (χ0) is 18.6. The van der Waals surface area contributed by atoms with Crippen LogP contribution >= 0.6 is 0 Å². The Hall–Kier alpha value is -3.74. The number of hydrogen-bond donors (Lipinski definition) is 2. The Morgan fingerprint density at radius 2 is 1.63 bits per heavy atom. The van der Waals surface area contributed by atoms with Gasteiger partial charge >= 0.3 is 0 Å². The van der Waals surface area contributed by atoms with Gasteiger partial charge in [0.1, 0.15) is 5.76 Å². The molecule has 7 nitrogen and oxygen atoms in total. The quantitative estimate of drug-likeness (QED) is 0.726. The van der Waals surface area contributed by atoms with Crippen molar-refractivity contribution < 1.29 is 23.5 Å². The molecule has 27 heavy (non-hydrogen) atoms. The van der Waals surface area contributed by atoms with Crippen LogP contribution in [0.2, 0.25) is 0 Å². The third-order valence-corrected chi connectivity index (χ3v) is 4.04.